The first kappa shape index (κ1) is 12.2. The predicted octanol–water partition coefficient (Wildman–Crippen LogP) is 1.66. The summed E-state index contributed by atoms with van der Waals surface area (Å²) in [6, 6.07) is 8.42. The molecule has 6 nitrogen and oxygen atoms in total. The Bertz CT molecular complexity index is 671. The molecule has 0 radical (unpaired) electrons. The molecule has 0 saturated carbocycles. The van der Waals surface area contributed by atoms with Crippen LogP contribution in [0, 0.1) is 0 Å². The number of ether oxygens (including phenoxy) is 1. The Hall–Kier alpha value is -2.89. The molecule has 0 fully saturated rings. The first-order valence-corrected chi connectivity index (χ1v) is 6.00. The number of nitrogens with one attached hydrogen (secondary N) is 2. The Kier molecular flexibility index (Phi) is 3.04. The number of nitrogens with zero attached hydrogens (tertiary/aromatic N) is 1. The number of aromatic nitrogens is 1. The molecule has 1 aromatic carbocycles. The minimum absolute atomic E-state index is 0.0208. The highest BCUT2D eigenvalue weighted by Crippen LogP contribution is 2.30. The van der Waals surface area contributed by atoms with Crippen LogP contribution in [0.3, 0.4) is 0 Å². The average molecular weight is 269 g/mol. The first-order chi connectivity index (χ1) is 9.72. The Labute approximate surface area is 114 Å². The number of carbonyl (C=O) groups excluding carboxylic acids is 2. The molecule has 3 rings (SSSR count). The van der Waals surface area contributed by atoms with Crippen molar-refractivity contribution in [2.45, 2.75) is 0 Å². The molecule has 2 amide bonds. The largest absolute Gasteiger partial charge is 0.482 e. The molecular weight excluding hydrogens is 258 g/mol. The molecule has 20 heavy (non-hydrogen) atoms. The van der Waals surface area contributed by atoms with Gasteiger partial charge >= 0.3 is 0 Å². The molecular formula is C14H11N3O3. The van der Waals surface area contributed by atoms with Gasteiger partial charge in [0.15, 0.2) is 6.61 Å². The van der Waals surface area contributed by atoms with Crippen LogP contribution in [0.4, 0.5) is 11.4 Å². The van der Waals surface area contributed by atoms with Crippen LogP contribution in [0.1, 0.15) is 10.4 Å². The molecule has 0 saturated heterocycles. The average Bonchev–Trinajstić information content (AvgIpc) is 2.48. The maximum atomic E-state index is 12.0. The summed E-state index contributed by atoms with van der Waals surface area (Å²) in [6.45, 7) is -0.0208. The quantitative estimate of drug-likeness (QED) is 0.869. The molecule has 0 spiro atoms. The maximum absolute atomic E-state index is 12.0. The smallest absolute Gasteiger partial charge is 0.262 e. The fraction of sp³-hybridized carbons (Fsp3) is 0.0714. The number of carbonyl (C=O) groups is 2. The summed E-state index contributed by atoms with van der Waals surface area (Å²) in [6.07, 6.45) is 3.09. The van der Waals surface area contributed by atoms with Crippen LogP contribution in [0.2, 0.25) is 0 Å². The van der Waals surface area contributed by atoms with Gasteiger partial charge in [-0.15, -0.1) is 0 Å². The number of benzene rings is 1. The van der Waals surface area contributed by atoms with Gasteiger partial charge < -0.3 is 15.4 Å². The zero-order chi connectivity index (χ0) is 13.9. The van der Waals surface area contributed by atoms with E-state index < -0.39 is 0 Å². The normalized spacial score (nSPS) is 12.9. The summed E-state index contributed by atoms with van der Waals surface area (Å²) in [5.41, 5.74) is 1.66. The van der Waals surface area contributed by atoms with Crippen molar-refractivity contribution in [2.75, 3.05) is 17.2 Å². The lowest BCUT2D eigenvalue weighted by atomic mass is 10.2. The van der Waals surface area contributed by atoms with Gasteiger partial charge in [0.05, 0.1) is 11.3 Å². The molecule has 2 N–H and O–H groups in total. The van der Waals surface area contributed by atoms with E-state index in [1.807, 2.05) is 0 Å². The molecule has 2 heterocycles. The molecule has 1 aliphatic heterocycles. The first-order valence-electron chi connectivity index (χ1n) is 6.00. The molecule has 0 bridgehead atoms. The third-order valence-electron chi connectivity index (χ3n) is 2.80. The highest BCUT2D eigenvalue weighted by molar-refractivity contribution is 6.04. The summed E-state index contributed by atoms with van der Waals surface area (Å²) in [5.74, 6) is 0.0936. The lowest BCUT2D eigenvalue weighted by Crippen LogP contribution is -2.25. The van der Waals surface area contributed by atoms with Crippen LogP contribution in [-0.4, -0.2) is 23.4 Å². The number of hydrogen-bond acceptors (Lipinski definition) is 4. The van der Waals surface area contributed by atoms with Gasteiger partial charge in [0, 0.05) is 24.1 Å². The fourth-order valence-corrected chi connectivity index (χ4v) is 1.85. The number of amides is 2. The topological polar surface area (TPSA) is 80.3 Å². The van der Waals surface area contributed by atoms with Crippen LogP contribution in [0.5, 0.6) is 5.75 Å². The zero-order valence-electron chi connectivity index (χ0n) is 10.4. The van der Waals surface area contributed by atoms with Crippen LogP contribution < -0.4 is 15.4 Å². The highest BCUT2D eigenvalue weighted by Gasteiger charge is 2.16. The molecule has 0 aliphatic carbocycles. The van der Waals surface area contributed by atoms with E-state index in [0.29, 0.717) is 22.7 Å². The second-order valence-corrected chi connectivity index (χ2v) is 4.24. The van der Waals surface area contributed by atoms with Crippen molar-refractivity contribution in [3.63, 3.8) is 0 Å². The van der Waals surface area contributed by atoms with E-state index >= 15 is 0 Å². The van der Waals surface area contributed by atoms with Gasteiger partial charge in [-0.1, -0.05) is 0 Å². The van der Waals surface area contributed by atoms with Crippen molar-refractivity contribution in [1.29, 1.82) is 0 Å². The van der Waals surface area contributed by atoms with Gasteiger partial charge in [0.2, 0.25) is 0 Å². The second-order valence-electron chi connectivity index (χ2n) is 4.24. The van der Waals surface area contributed by atoms with Gasteiger partial charge in [-0.05, 0) is 24.3 Å². The summed E-state index contributed by atoms with van der Waals surface area (Å²) in [7, 11) is 0. The molecule has 1 aromatic heterocycles. The number of anilines is 2. The SMILES string of the molecule is O=C1COc2cc(NC(=O)c3cccnc3)ccc2N1. The number of pyridine rings is 1. The fourth-order valence-electron chi connectivity index (χ4n) is 1.85. The van der Waals surface area contributed by atoms with Crippen LogP contribution in [0.25, 0.3) is 0 Å². The predicted molar refractivity (Wildman–Crippen MR) is 72.8 cm³/mol. The lowest BCUT2D eigenvalue weighted by molar-refractivity contribution is -0.118. The van der Waals surface area contributed by atoms with Gasteiger partial charge in [0.1, 0.15) is 5.75 Å². The molecule has 0 atom stereocenters. The standard InChI is InChI=1S/C14H11N3O3/c18-13-8-20-12-6-10(3-4-11(12)17-13)16-14(19)9-2-1-5-15-7-9/h1-7H,8H2,(H,16,19)(H,17,18). The van der Waals surface area contributed by atoms with Crippen molar-refractivity contribution in [3.8, 4) is 5.75 Å². The summed E-state index contributed by atoms with van der Waals surface area (Å²) in [5, 5.41) is 5.43. The molecule has 0 unspecified atom stereocenters. The van der Waals surface area contributed by atoms with E-state index in [9.17, 15) is 9.59 Å². The summed E-state index contributed by atoms with van der Waals surface area (Å²) >= 11 is 0. The zero-order valence-corrected chi connectivity index (χ0v) is 10.4. The van der Waals surface area contributed by atoms with Gasteiger partial charge in [0.25, 0.3) is 11.8 Å². The summed E-state index contributed by atoms with van der Waals surface area (Å²) in [4.78, 5) is 27.0. The molecule has 6 heteroatoms. The third kappa shape index (κ3) is 2.44. The molecule has 2 aromatic rings. The maximum Gasteiger partial charge on any atom is 0.262 e. The van der Waals surface area contributed by atoms with Crippen molar-refractivity contribution in [1.82, 2.24) is 4.98 Å². The van der Waals surface area contributed by atoms with Crippen molar-refractivity contribution >= 4 is 23.2 Å². The van der Waals surface area contributed by atoms with E-state index in [4.69, 9.17) is 4.74 Å². The second kappa shape index (κ2) is 5.00. The monoisotopic (exact) mass is 269 g/mol. The van der Waals surface area contributed by atoms with E-state index in [2.05, 4.69) is 15.6 Å². The highest BCUT2D eigenvalue weighted by atomic mass is 16.5. The minimum atomic E-state index is -0.252. The summed E-state index contributed by atoms with van der Waals surface area (Å²) < 4.78 is 5.29. The Morgan fingerprint density at radius 3 is 3.05 bits per heavy atom. The molecule has 100 valence electrons. The number of hydrogen-bond donors (Lipinski definition) is 2. The number of fused-ring (bicyclic) bond motifs is 1. The van der Waals surface area contributed by atoms with E-state index in [-0.39, 0.29) is 18.4 Å². The van der Waals surface area contributed by atoms with Crippen molar-refractivity contribution < 1.29 is 14.3 Å². The van der Waals surface area contributed by atoms with Crippen LogP contribution in [0.15, 0.2) is 42.7 Å². The van der Waals surface area contributed by atoms with E-state index in [0.717, 1.165) is 0 Å². The minimum Gasteiger partial charge on any atom is -0.482 e. The van der Waals surface area contributed by atoms with E-state index in [1.54, 1.807) is 36.5 Å². The van der Waals surface area contributed by atoms with Crippen LogP contribution >= 0.6 is 0 Å². The van der Waals surface area contributed by atoms with Crippen molar-refractivity contribution in [2.24, 2.45) is 0 Å². The molecule has 1 aliphatic rings. The third-order valence-corrected chi connectivity index (χ3v) is 2.80. The Morgan fingerprint density at radius 1 is 1.35 bits per heavy atom. The van der Waals surface area contributed by atoms with Crippen LogP contribution in [-0.2, 0) is 4.79 Å². The Morgan fingerprint density at radius 2 is 2.25 bits per heavy atom. The van der Waals surface area contributed by atoms with Gasteiger partial charge in [-0.2, -0.15) is 0 Å². The Balaban J connectivity index is 1.79. The van der Waals surface area contributed by atoms with Crippen molar-refractivity contribution in [3.05, 3.63) is 48.3 Å². The van der Waals surface area contributed by atoms with Gasteiger partial charge in [-0.3, -0.25) is 14.6 Å². The number of rotatable bonds is 2. The van der Waals surface area contributed by atoms with E-state index in [1.165, 1.54) is 6.20 Å². The lowest BCUT2D eigenvalue weighted by Gasteiger charge is -2.18. The van der Waals surface area contributed by atoms with Gasteiger partial charge in [-0.25, -0.2) is 0 Å².